The summed E-state index contributed by atoms with van der Waals surface area (Å²) in [6.45, 7) is -2.82. The lowest BCUT2D eigenvalue weighted by Gasteiger charge is -2.03. The molecule has 24 heavy (non-hydrogen) atoms. The number of furan rings is 1. The van der Waals surface area contributed by atoms with E-state index >= 15 is 0 Å². The van der Waals surface area contributed by atoms with Gasteiger partial charge >= 0.3 is 6.61 Å². The van der Waals surface area contributed by atoms with Crippen LogP contribution in [0.2, 0.25) is 0 Å². The maximum absolute atomic E-state index is 12.1. The van der Waals surface area contributed by atoms with E-state index in [-0.39, 0.29) is 5.75 Å². The van der Waals surface area contributed by atoms with E-state index in [0.29, 0.717) is 6.42 Å². The van der Waals surface area contributed by atoms with Crippen LogP contribution in [0.1, 0.15) is 22.5 Å². The molecular weight excluding hydrogens is 310 g/mol. The molecule has 0 aliphatic carbocycles. The van der Waals surface area contributed by atoms with Crippen LogP contribution in [-0.2, 0) is 6.42 Å². The number of benzene rings is 2. The van der Waals surface area contributed by atoms with Crippen LogP contribution in [0.5, 0.6) is 5.75 Å². The van der Waals surface area contributed by atoms with Crippen molar-refractivity contribution in [1.29, 1.82) is 0 Å². The molecular formula is C20H14F2O2. The highest BCUT2D eigenvalue weighted by molar-refractivity contribution is 5.45. The average molecular weight is 324 g/mol. The van der Waals surface area contributed by atoms with E-state index in [4.69, 9.17) is 4.42 Å². The quantitative estimate of drug-likeness (QED) is 0.639. The summed E-state index contributed by atoms with van der Waals surface area (Å²) in [7, 11) is 0. The first-order valence-corrected chi connectivity index (χ1v) is 7.37. The van der Waals surface area contributed by atoms with Gasteiger partial charge in [-0.2, -0.15) is 8.78 Å². The van der Waals surface area contributed by atoms with Crippen LogP contribution < -0.4 is 4.74 Å². The minimum Gasteiger partial charge on any atom is -0.469 e. The van der Waals surface area contributed by atoms with Crippen molar-refractivity contribution in [2.75, 3.05) is 0 Å². The Morgan fingerprint density at radius 3 is 2.42 bits per heavy atom. The predicted molar refractivity (Wildman–Crippen MR) is 87.0 cm³/mol. The zero-order valence-electron chi connectivity index (χ0n) is 12.7. The van der Waals surface area contributed by atoms with Gasteiger partial charge in [0, 0.05) is 17.5 Å². The van der Waals surface area contributed by atoms with Crippen LogP contribution in [0.3, 0.4) is 0 Å². The van der Waals surface area contributed by atoms with E-state index in [1.807, 2.05) is 36.4 Å². The SMILES string of the molecule is FC(F)Oc1ccc(C#Cc2cccc(Cc3ccco3)c2)cc1. The molecule has 0 atom stereocenters. The second-order valence-electron chi connectivity index (χ2n) is 5.11. The van der Waals surface area contributed by atoms with E-state index in [2.05, 4.69) is 16.6 Å². The maximum atomic E-state index is 12.1. The highest BCUT2D eigenvalue weighted by Crippen LogP contribution is 2.15. The average Bonchev–Trinajstić information content (AvgIpc) is 3.07. The van der Waals surface area contributed by atoms with Crippen molar-refractivity contribution < 1.29 is 17.9 Å². The van der Waals surface area contributed by atoms with Crippen molar-refractivity contribution in [2.24, 2.45) is 0 Å². The lowest BCUT2D eigenvalue weighted by atomic mass is 10.1. The van der Waals surface area contributed by atoms with Crippen molar-refractivity contribution in [3.63, 3.8) is 0 Å². The third kappa shape index (κ3) is 4.47. The van der Waals surface area contributed by atoms with Crippen LogP contribution in [0.4, 0.5) is 8.78 Å². The van der Waals surface area contributed by atoms with Crippen LogP contribution >= 0.6 is 0 Å². The van der Waals surface area contributed by atoms with Crippen LogP contribution in [0.15, 0.2) is 71.3 Å². The van der Waals surface area contributed by atoms with Crippen molar-refractivity contribution in [2.45, 2.75) is 13.0 Å². The van der Waals surface area contributed by atoms with Gasteiger partial charge < -0.3 is 9.15 Å². The molecule has 120 valence electrons. The minimum atomic E-state index is -2.82. The predicted octanol–water partition coefficient (Wildman–Crippen LogP) is 4.87. The Labute approximate surface area is 138 Å². The number of hydrogen-bond donors (Lipinski definition) is 0. The highest BCUT2D eigenvalue weighted by atomic mass is 19.3. The summed E-state index contributed by atoms with van der Waals surface area (Å²) >= 11 is 0. The van der Waals surface area contributed by atoms with Gasteiger partial charge in [-0.25, -0.2) is 0 Å². The Hall–Kier alpha value is -3.06. The fraction of sp³-hybridized carbons (Fsp3) is 0.100. The Morgan fingerprint density at radius 1 is 0.917 bits per heavy atom. The summed E-state index contributed by atoms with van der Waals surface area (Å²) in [4.78, 5) is 0. The fourth-order valence-corrected chi connectivity index (χ4v) is 2.24. The van der Waals surface area contributed by atoms with E-state index < -0.39 is 6.61 Å². The molecule has 0 saturated heterocycles. The molecule has 0 aliphatic heterocycles. The van der Waals surface area contributed by atoms with Crippen LogP contribution in [0.25, 0.3) is 0 Å². The lowest BCUT2D eigenvalue weighted by Crippen LogP contribution is -2.01. The van der Waals surface area contributed by atoms with E-state index in [0.717, 1.165) is 22.5 Å². The molecule has 0 N–H and O–H groups in total. The number of ether oxygens (including phenoxy) is 1. The molecule has 0 unspecified atom stereocenters. The normalized spacial score (nSPS) is 10.3. The molecule has 0 bridgehead atoms. The molecule has 3 rings (SSSR count). The van der Waals surface area contributed by atoms with Gasteiger partial charge in [-0.05, 0) is 54.1 Å². The van der Waals surface area contributed by atoms with Gasteiger partial charge in [0.2, 0.25) is 0 Å². The molecule has 0 fully saturated rings. The van der Waals surface area contributed by atoms with Crippen molar-refractivity contribution in [1.82, 2.24) is 0 Å². The second-order valence-corrected chi connectivity index (χ2v) is 5.11. The summed E-state index contributed by atoms with van der Waals surface area (Å²) in [6, 6.07) is 17.9. The summed E-state index contributed by atoms with van der Waals surface area (Å²) in [5.41, 5.74) is 2.72. The summed E-state index contributed by atoms with van der Waals surface area (Å²) < 4.78 is 33.9. The van der Waals surface area contributed by atoms with Crippen molar-refractivity contribution in [3.05, 3.63) is 89.4 Å². The highest BCUT2D eigenvalue weighted by Gasteiger charge is 2.03. The number of alkyl halides is 2. The Morgan fingerprint density at radius 2 is 1.71 bits per heavy atom. The van der Waals surface area contributed by atoms with Crippen molar-refractivity contribution in [3.8, 4) is 17.6 Å². The van der Waals surface area contributed by atoms with Crippen molar-refractivity contribution >= 4 is 0 Å². The van der Waals surface area contributed by atoms with Gasteiger partial charge in [0.25, 0.3) is 0 Å². The topological polar surface area (TPSA) is 22.4 Å². The molecule has 3 aromatic rings. The summed E-state index contributed by atoms with van der Waals surface area (Å²) in [5, 5.41) is 0. The Kier molecular flexibility index (Phi) is 4.93. The first kappa shape index (κ1) is 15.8. The molecule has 0 spiro atoms. The van der Waals surface area contributed by atoms with Gasteiger partial charge in [-0.15, -0.1) is 0 Å². The zero-order valence-corrected chi connectivity index (χ0v) is 12.7. The molecule has 2 aromatic carbocycles. The third-order valence-corrected chi connectivity index (χ3v) is 3.32. The summed E-state index contributed by atoms with van der Waals surface area (Å²) in [5.74, 6) is 7.10. The molecule has 0 amide bonds. The minimum absolute atomic E-state index is 0.121. The van der Waals surface area contributed by atoms with Gasteiger partial charge in [-0.3, -0.25) is 0 Å². The van der Waals surface area contributed by atoms with Gasteiger partial charge in [0.1, 0.15) is 11.5 Å². The fourth-order valence-electron chi connectivity index (χ4n) is 2.24. The molecule has 0 saturated carbocycles. The largest absolute Gasteiger partial charge is 0.469 e. The van der Waals surface area contributed by atoms with Crippen LogP contribution in [-0.4, -0.2) is 6.61 Å². The van der Waals surface area contributed by atoms with E-state index in [9.17, 15) is 8.78 Å². The molecule has 1 heterocycles. The Bertz CT molecular complexity index is 841. The van der Waals surface area contributed by atoms with Gasteiger partial charge in [0.15, 0.2) is 0 Å². The molecule has 0 aliphatic rings. The molecule has 1 aromatic heterocycles. The molecule has 2 nitrogen and oxygen atoms in total. The molecule has 0 radical (unpaired) electrons. The van der Waals surface area contributed by atoms with Crippen LogP contribution in [0, 0.1) is 11.8 Å². The lowest BCUT2D eigenvalue weighted by molar-refractivity contribution is -0.0498. The zero-order chi connectivity index (χ0) is 16.8. The standard InChI is InChI=1S/C20H14F2O2/c21-20(22)24-18-10-8-15(9-11-18)6-7-16-3-1-4-17(13-16)14-19-5-2-12-23-19/h1-5,8-13,20H,14H2. The third-order valence-electron chi connectivity index (χ3n) is 3.32. The first-order chi connectivity index (χ1) is 11.7. The number of hydrogen-bond acceptors (Lipinski definition) is 2. The van der Waals surface area contributed by atoms with E-state index in [1.54, 1.807) is 18.4 Å². The Balaban J connectivity index is 1.71. The number of rotatable bonds is 4. The monoisotopic (exact) mass is 324 g/mol. The molecule has 4 heteroatoms. The smallest absolute Gasteiger partial charge is 0.387 e. The maximum Gasteiger partial charge on any atom is 0.387 e. The first-order valence-electron chi connectivity index (χ1n) is 7.37. The number of halogens is 2. The van der Waals surface area contributed by atoms with E-state index in [1.165, 1.54) is 12.1 Å². The summed E-state index contributed by atoms with van der Waals surface area (Å²) in [6.07, 6.45) is 2.36. The van der Waals surface area contributed by atoms with Gasteiger partial charge in [-0.1, -0.05) is 24.0 Å². The van der Waals surface area contributed by atoms with Gasteiger partial charge in [0.05, 0.1) is 6.26 Å². The second kappa shape index (κ2) is 7.47.